The van der Waals surface area contributed by atoms with Crippen LogP contribution in [0.4, 0.5) is 18.0 Å². The summed E-state index contributed by atoms with van der Waals surface area (Å²) in [5.74, 6) is 0. The van der Waals surface area contributed by atoms with E-state index in [-0.39, 0.29) is 38.1 Å². The van der Waals surface area contributed by atoms with Gasteiger partial charge in [0.15, 0.2) is 0 Å². The van der Waals surface area contributed by atoms with E-state index in [2.05, 4.69) is 4.74 Å². The van der Waals surface area contributed by atoms with Gasteiger partial charge in [0.1, 0.15) is 0 Å². The average Bonchev–Trinajstić information content (AvgIpc) is 2.37. The maximum atomic E-state index is 12.3. The van der Waals surface area contributed by atoms with Gasteiger partial charge in [-0.25, -0.2) is 4.79 Å². The number of alkyl halides is 3. The monoisotopic (exact) mass is 295 g/mol. The predicted octanol–water partition coefficient (Wildman–Crippen LogP) is 1.88. The molecule has 5 nitrogen and oxygen atoms in total. The number of amides is 2. The van der Waals surface area contributed by atoms with Crippen molar-refractivity contribution in [3.8, 4) is 0 Å². The Morgan fingerprint density at radius 3 is 2.30 bits per heavy atom. The second-order valence-electron chi connectivity index (χ2n) is 5.29. The summed E-state index contributed by atoms with van der Waals surface area (Å²) in [6.45, 7) is 1.19. The summed E-state index contributed by atoms with van der Waals surface area (Å²) in [6.07, 6.45) is -2.62. The number of nitrogens with zero attached hydrogens (tertiary/aromatic N) is 2. The molecule has 0 aromatic carbocycles. The number of piperidine rings is 2. The largest absolute Gasteiger partial charge is 0.522 e. The van der Waals surface area contributed by atoms with E-state index in [0.717, 1.165) is 19.3 Å². The highest BCUT2D eigenvalue weighted by Crippen LogP contribution is 2.25. The Morgan fingerprint density at radius 2 is 1.75 bits per heavy atom. The highest BCUT2D eigenvalue weighted by molar-refractivity contribution is 5.75. The van der Waals surface area contributed by atoms with Crippen molar-refractivity contribution in [2.24, 2.45) is 5.73 Å². The Kier molecular flexibility index (Phi) is 4.74. The Balaban J connectivity index is 1.82. The fraction of sp³-hybridized carbons (Fsp3) is 0.917. The van der Waals surface area contributed by atoms with Crippen LogP contribution in [-0.4, -0.2) is 54.1 Å². The topological polar surface area (TPSA) is 58.8 Å². The zero-order valence-electron chi connectivity index (χ0n) is 11.2. The lowest BCUT2D eigenvalue weighted by Crippen LogP contribution is -2.55. The number of rotatable bonds is 1. The number of nitrogens with two attached hydrogens (primary N) is 1. The predicted molar refractivity (Wildman–Crippen MR) is 65.7 cm³/mol. The molecular weight excluding hydrogens is 275 g/mol. The number of hydrogen-bond acceptors (Lipinski definition) is 3. The number of halogens is 3. The fourth-order valence-corrected chi connectivity index (χ4v) is 2.73. The molecule has 2 saturated heterocycles. The molecule has 2 N–H and O–H groups in total. The van der Waals surface area contributed by atoms with Crippen LogP contribution >= 0.6 is 0 Å². The van der Waals surface area contributed by atoms with Gasteiger partial charge in [-0.05, 0) is 32.1 Å². The van der Waals surface area contributed by atoms with Gasteiger partial charge in [0, 0.05) is 19.6 Å². The highest BCUT2D eigenvalue weighted by Gasteiger charge is 2.36. The average molecular weight is 295 g/mol. The molecule has 0 saturated carbocycles. The molecule has 20 heavy (non-hydrogen) atoms. The fourth-order valence-electron chi connectivity index (χ4n) is 2.73. The first-order chi connectivity index (χ1) is 9.37. The molecule has 8 heteroatoms. The van der Waals surface area contributed by atoms with Crippen molar-refractivity contribution in [3.05, 3.63) is 0 Å². The van der Waals surface area contributed by atoms with Gasteiger partial charge >= 0.3 is 12.4 Å². The van der Waals surface area contributed by atoms with Crippen molar-refractivity contribution in [2.75, 3.05) is 19.6 Å². The Hall–Kier alpha value is -1.02. The lowest BCUT2D eigenvalue weighted by molar-refractivity contribution is -0.345. The van der Waals surface area contributed by atoms with Crippen LogP contribution in [0.2, 0.25) is 0 Å². The second kappa shape index (κ2) is 6.17. The third kappa shape index (κ3) is 3.99. The summed E-state index contributed by atoms with van der Waals surface area (Å²) in [4.78, 5) is 15.5. The number of hydrogen-bond donors (Lipinski definition) is 1. The molecule has 0 aromatic heterocycles. The van der Waals surface area contributed by atoms with Crippen LogP contribution in [0.3, 0.4) is 0 Å². The van der Waals surface area contributed by atoms with Crippen LogP contribution in [0.15, 0.2) is 0 Å². The third-order valence-corrected chi connectivity index (χ3v) is 3.81. The normalized spacial score (nSPS) is 25.9. The zero-order valence-corrected chi connectivity index (χ0v) is 11.2. The molecule has 2 fully saturated rings. The molecule has 0 spiro atoms. The van der Waals surface area contributed by atoms with Gasteiger partial charge in [-0.3, -0.25) is 4.74 Å². The molecule has 2 aliphatic rings. The van der Waals surface area contributed by atoms with Gasteiger partial charge in [-0.15, -0.1) is 13.2 Å². The highest BCUT2D eigenvalue weighted by atomic mass is 19.4. The molecule has 0 aliphatic carbocycles. The SMILES string of the molecule is NC1CCCCN1C(=O)N1CCC(OC(F)(F)F)CC1. The molecule has 1 atom stereocenters. The smallest absolute Gasteiger partial charge is 0.324 e. The third-order valence-electron chi connectivity index (χ3n) is 3.81. The first-order valence-corrected chi connectivity index (χ1v) is 6.92. The van der Waals surface area contributed by atoms with E-state index in [4.69, 9.17) is 5.73 Å². The lowest BCUT2D eigenvalue weighted by Gasteiger charge is -2.39. The molecule has 0 aromatic rings. The van der Waals surface area contributed by atoms with Crippen LogP contribution in [0.1, 0.15) is 32.1 Å². The van der Waals surface area contributed by atoms with Crippen LogP contribution in [0.25, 0.3) is 0 Å². The number of urea groups is 1. The van der Waals surface area contributed by atoms with Gasteiger partial charge in [0.25, 0.3) is 0 Å². The van der Waals surface area contributed by atoms with E-state index in [9.17, 15) is 18.0 Å². The minimum Gasteiger partial charge on any atom is -0.324 e. The van der Waals surface area contributed by atoms with Crippen molar-refractivity contribution in [1.82, 2.24) is 9.80 Å². The number of carbonyl (C=O) groups is 1. The maximum Gasteiger partial charge on any atom is 0.522 e. The van der Waals surface area contributed by atoms with Gasteiger partial charge in [0.05, 0.1) is 12.3 Å². The van der Waals surface area contributed by atoms with E-state index in [1.165, 1.54) is 0 Å². The van der Waals surface area contributed by atoms with E-state index in [1.54, 1.807) is 9.80 Å². The Labute approximate surface area is 115 Å². The Morgan fingerprint density at radius 1 is 1.10 bits per heavy atom. The van der Waals surface area contributed by atoms with Crippen LogP contribution in [0, 0.1) is 0 Å². The molecule has 2 rings (SSSR count). The second-order valence-corrected chi connectivity index (χ2v) is 5.29. The maximum absolute atomic E-state index is 12.3. The van der Waals surface area contributed by atoms with Crippen LogP contribution in [-0.2, 0) is 4.74 Å². The molecular formula is C12H20F3N3O2. The molecule has 2 amide bonds. The molecule has 0 bridgehead atoms. The van der Waals surface area contributed by atoms with Crippen molar-refractivity contribution < 1.29 is 22.7 Å². The minimum atomic E-state index is -4.61. The van der Waals surface area contributed by atoms with Crippen molar-refractivity contribution in [3.63, 3.8) is 0 Å². The molecule has 0 radical (unpaired) electrons. The van der Waals surface area contributed by atoms with Crippen molar-refractivity contribution in [2.45, 2.75) is 50.7 Å². The number of carbonyl (C=O) groups excluding carboxylic acids is 1. The molecule has 2 heterocycles. The quantitative estimate of drug-likeness (QED) is 0.803. The summed E-state index contributed by atoms with van der Waals surface area (Å²) in [5, 5.41) is 0. The number of ether oxygens (including phenoxy) is 1. The van der Waals surface area contributed by atoms with E-state index >= 15 is 0 Å². The summed E-state index contributed by atoms with van der Waals surface area (Å²) < 4.78 is 40.3. The number of likely N-dealkylation sites (tertiary alicyclic amines) is 2. The molecule has 116 valence electrons. The van der Waals surface area contributed by atoms with Gasteiger partial charge in [0.2, 0.25) is 0 Å². The molecule has 1 unspecified atom stereocenters. The van der Waals surface area contributed by atoms with E-state index < -0.39 is 12.5 Å². The van der Waals surface area contributed by atoms with Gasteiger partial charge < -0.3 is 15.5 Å². The molecule has 2 aliphatic heterocycles. The van der Waals surface area contributed by atoms with Crippen LogP contribution in [0.5, 0.6) is 0 Å². The summed E-state index contributed by atoms with van der Waals surface area (Å²) in [6, 6.07) is -0.164. The van der Waals surface area contributed by atoms with Gasteiger partial charge in [-0.2, -0.15) is 0 Å². The Bertz CT molecular complexity index is 343. The lowest BCUT2D eigenvalue weighted by atomic mass is 10.1. The van der Waals surface area contributed by atoms with Gasteiger partial charge in [-0.1, -0.05) is 0 Å². The summed E-state index contributed by atoms with van der Waals surface area (Å²) in [7, 11) is 0. The standard InChI is InChI=1S/C12H20F3N3O2/c13-12(14,15)20-9-4-7-17(8-5-9)11(19)18-6-2-1-3-10(18)16/h9-10H,1-8,16H2. The van der Waals surface area contributed by atoms with Crippen molar-refractivity contribution in [1.29, 1.82) is 0 Å². The minimum absolute atomic E-state index is 0.164. The van der Waals surface area contributed by atoms with Crippen LogP contribution < -0.4 is 5.73 Å². The first-order valence-electron chi connectivity index (χ1n) is 6.92. The summed E-state index contributed by atoms with van der Waals surface area (Å²) in [5.41, 5.74) is 5.90. The zero-order chi connectivity index (χ0) is 14.8. The summed E-state index contributed by atoms with van der Waals surface area (Å²) >= 11 is 0. The first kappa shape index (κ1) is 15.4. The van der Waals surface area contributed by atoms with E-state index in [1.807, 2.05) is 0 Å². The van der Waals surface area contributed by atoms with E-state index in [0.29, 0.717) is 6.54 Å². The van der Waals surface area contributed by atoms with Crippen molar-refractivity contribution >= 4 is 6.03 Å².